The molecule has 1 heterocycles. The smallest absolute Gasteiger partial charge is 0.250 e. The molecule has 3 N–H and O–H groups in total. The molecule has 0 aliphatic rings. The Hall–Kier alpha value is -3.14. The van der Waals surface area contributed by atoms with Gasteiger partial charge >= 0.3 is 0 Å². The third-order valence-corrected chi connectivity index (χ3v) is 5.08. The Labute approximate surface area is 193 Å². The van der Waals surface area contributed by atoms with Crippen LogP contribution in [0.15, 0.2) is 47.1 Å². The van der Waals surface area contributed by atoms with Crippen LogP contribution < -0.4 is 10.5 Å². The summed E-state index contributed by atoms with van der Waals surface area (Å²) in [4.78, 5) is 12.6. The molecule has 0 saturated carbocycles. The summed E-state index contributed by atoms with van der Waals surface area (Å²) in [5.74, 6) is 0.0162. The number of fused-ring (bicyclic) bond motifs is 1. The molecule has 2 aromatic carbocycles. The second-order valence-electron chi connectivity index (χ2n) is 6.44. The number of rotatable bonds is 5. The Bertz CT molecular complexity index is 1250. The normalized spacial score (nSPS) is 11.9. The van der Waals surface area contributed by atoms with E-state index in [-0.39, 0.29) is 18.0 Å². The highest BCUT2D eigenvalue weighted by molar-refractivity contribution is 9.10. The predicted octanol–water partition coefficient (Wildman–Crippen LogP) is 3.73. The van der Waals surface area contributed by atoms with Gasteiger partial charge in [0.1, 0.15) is 11.8 Å². The molecule has 158 valence electrons. The van der Waals surface area contributed by atoms with Crippen LogP contribution in [0.5, 0.6) is 5.75 Å². The number of halogens is 2. The lowest BCUT2D eigenvalue weighted by atomic mass is 10.0. The summed E-state index contributed by atoms with van der Waals surface area (Å²) in [6.07, 6.45) is 3.14. The molecule has 1 atom stereocenters. The third kappa shape index (κ3) is 4.79. The summed E-state index contributed by atoms with van der Waals surface area (Å²) >= 11 is 3.42. The van der Waals surface area contributed by atoms with Crippen molar-refractivity contribution in [1.82, 2.24) is 4.57 Å². The van der Waals surface area contributed by atoms with Gasteiger partial charge in [0, 0.05) is 27.2 Å². The highest BCUT2D eigenvalue weighted by atomic mass is 79.9. The van der Waals surface area contributed by atoms with Crippen molar-refractivity contribution in [2.75, 3.05) is 13.7 Å². The van der Waals surface area contributed by atoms with Crippen LogP contribution in [-0.2, 0) is 0 Å². The number of nitriles is 2. The van der Waals surface area contributed by atoms with Gasteiger partial charge in [-0.3, -0.25) is 9.36 Å². The summed E-state index contributed by atoms with van der Waals surface area (Å²) in [6, 6.07) is 13.4. The summed E-state index contributed by atoms with van der Waals surface area (Å²) in [6.45, 7) is -0.497. The average Bonchev–Trinajstić information content (AvgIpc) is 3.14. The first-order valence-corrected chi connectivity index (χ1v) is 9.64. The second-order valence-corrected chi connectivity index (χ2v) is 7.36. The molecule has 3 rings (SSSR count). The van der Waals surface area contributed by atoms with E-state index in [9.17, 15) is 20.4 Å². The molecule has 0 bridgehead atoms. The fraction of sp³-hybridized carbons (Fsp3) is 0.136. The van der Waals surface area contributed by atoms with Crippen LogP contribution in [0.25, 0.3) is 22.6 Å². The van der Waals surface area contributed by atoms with E-state index >= 15 is 0 Å². The van der Waals surface area contributed by atoms with Gasteiger partial charge in [-0.15, -0.1) is 12.4 Å². The highest BCUT2D eigenvalue weighted by Crippen LogP contribution is 2.32. The lowest BCUT2D eigenvalue weighted by Gasteiger charge is -2.08. The fourth-order valence-corrected chi connectivity index (χ4v) is 3.46. The number of methoxy groups -OCH3 is 1. The minimum absolute atomic E-state index is 0. The van der Waals surface area contributed by atoms with Gasteiger partial charge in [0.15, 0.2) is 0 Å². The van der Waals surface area contributed by atoms with E-state index in [2.05, 4.69) is 28.1 Å². The van der Waals surface area contributed by atoms with E-state index in [1.54, 1.807) is 42.5 Å². The summed E-state index contributed by atoms with van der Waals surface area (Å²) in [5, 5.41) is 29.0. The molecule has 1 aromatic heterocycles. The van der Waals surface area contributed by atoms with Crippen LogP contribution >= 0.6 is 28.3 Å². The minimum atomic E-state index is -1.08. The number of hydrogen-bond acceptors (Lipinski definition) is 6. The fourth-order valence-electron chi connectivity index (χ4n) is 3.10. The third-order valence-electron chi connectivity index (χ3n) is 4.59. The first-order valence-electron chi connectivity index (χ1n) is 8.85. The topological polar surface area (TPSA) is 125 Å². The number of nitrogens with zero attached hydrogens (tertiary/aromatic N) is 3. The predicted molar refractivity (Wildman–Crippen MR) is 124 cm³/mol. The van der Waals surface area contributed by atoms with Gasteiger partial charge in [-0.1, -0.05) is 15.9 Å². The van der Waals surface area contributed by atoms with Gasteiger partial charge in [0.25, 0.3) is 0 Å². The maximum absolute atomic E-state index is 12.6. The molecule has 0 aliphatic carbocycles. The molecule has 31 heavy (non-hydrogen) atoms. The zero-order chi connectivity index (χ0) is 21.8. The number of aliphatic hydroxyl groups excluding tert-OH is 1. The van der Waals surface area contributed by atoms with Crippen molar-refractivity contribution in [2.45, 2.75) is 6.04 Å². The van der Waals surface area contributed by atoms with Crippen LogP contribution in [0.2, 0.25) is 0 Å². The number of nitrogens with two attached hydrogens (primary N) is 1. The highest BCUT2D eigenvalue weighted by Gasteiger charge is 2.21. The van der Waals surface area contributed by atoms with Crippen LogP contribution in [-0.4, -0.2) is 35.3 Å². The largest absolute Gasteiger partial charge is 0.496 e. The lowest BCUT2D eigenvalue weighted by Crippen LogP contribution is -2.37. The van der Waals surface area contributed by atoms with E-state index in [1.165, 1.54) is 17.9 Å². The molecule has 9 heteroatoms. The number of carbonyl (C=O) groups excluding carboxylic acids is 1. The Morgan fingerprint density at radius 3 is 2.68 bits per heavy atom. The van der Waals surface area contributed by atoms with Gasteiger partial charge in [0.2, 0.25) is 5.91 Å². The molecule has 0 aliphatic heterocycles. The van der Waals surface area contributed by atoms with Crippen LogP contribution in [0.4, 0.5) is 0 Å². The SMILES string of the molecule is COc1ccc(C#N)cc1C=C(C#N)c1cn(C(=O)C(N)CO)c2ccc(Br)cc12.Cl. The number of allylic oxidation sites excluding steroid dienone is 1. The number of carbonyl (C=O) groups is 1. The monoisotopic (exact) mass is 500 g/mol. The molecule has 0 amide bonds. The Kier molecular flexibility index (Phi) is 7.98. The Morgan fingerprint density at radius 1 is 1.32 bits per heavy atom. The van der Waals surface area contributed by atoms with Gasteiger partial charge < -0.3 is 15.6 Å². The van der Waals surface area contributed by atoms with E-state index < -0.39 is 18.6 Å². The molecular weight excluding hydrogens is 484 g/mol. The van der Waals surface area contributed by atoms with Crippen LogP contribution in [0.1, 0.15) is 21.5 Å². The van der Waals surface area contributed by atoms with Crippen molar-refractivity contribution in [2.24, 2.45) is 5.73 Å². The number of benzene rings is 2. The maximum Gasteiger partial charge on any atom is 0.250 e. The van der Waals surface area contributed by atoms with Gasteiger partial charge in [-0.05, 0) is 42.5 Å². The molecule has 0 radical (unpaired) electrons. The minimum Gasteiger partial charge on any atom is -0.496 e. The van der Waals surface area contributed by atoms with Crippen LogP contribution in [0, 0.1) is 22.7 Å². The van der Waals surface area contributed by atoms with Crippen molar-refractivity contribution in [3.63, 3.8) is 0 Å². The van der Waals surface area contributed by atoms with E-state index in [0.29, 0.717) is 33.3 Å². The van der Waals surface area contributed by atoms with Crippen molar-refractivity contribution in [3.05, 3.63) is 63.8 Å². The molecule has 0 fully saturated rings. The van der Waals surface area contributed by atoms with Gasteiger partial charge in [0.05, 0.1) is 42.5 Å². The standard InChI is InChI=1S/C22H17BrN4O3.ClH/c1-30-21-5-2-13(9-24)6-14(21)7-15(10-25)18-11-27(22(29)19(26)12-28)20-4-3-16(23)8-17(18)20;/h2-8,11,19,28H,12,26H2,1H3;1H. The molecule has 0 saturated heterocycles. The summed E-state index contributed by atoms with van der Waals surface area (Å²) < 4.78 is 7.46. The molecular formula is C22H18BrClN4O3. The van der Waals surface area contributed by atoms with Crippen molar-refractivity contribution < 1.29 is 14.6 Å². The Balaban J connectivity index is 0.00000341. The van der Waals surface area contributed by atoms with Gasteiger partial charge in [-0.2, -0.15) is 10.5 Å². The number of aromatic nitrogens is 1. The Morgan fingerprint density at radius 2 is 2.06 bits per heavy atom. The summed E-state index contributed by atoms with van der Waals surface area (Å²) in [5.41, 5.74) is 8.05. The molecule has 0 spiro atoms. The second kappa shape index (κ2) is 10.3. The first-order chi connectivity index (χ1) is 14.4. The van der Waals surface area contributed by atoms with Gasteiger partial charge in [-0.25, -0.2) is 0 Å². The first kappa shape index (κ1) is 24.1. The van der Waals surface area contributed by atoms with E-state index in [0.717, 1.165) is 4.47 Å². The summed E-state index contributed by atoms with van der Waals surface area (Å²) in [7, 11) is 1.50. The van der Waals surface area contributed by atoms with E-state index in [1.807, 2.05) is 0 Å². The molecule has 7 nitrogen and oxygen atoms in total. The van der Waals surface area contributed by atoms with Crippen LogP contribution in [0.3, 0.4) is 0 Å². The average molecular weight is 502 g/mol. The quantitative estimate of drug-likeness (QED) is 0.513. The van der Waals surface area contributed by atoms with Crippen molar-refractivity contribution >= 4 is 56.8 Å². The zero-order valence-electron chi connectivity index (χ0n) is 16.4. The zero-order valence-corrected chi connectivity index (χ0v) is 18.8. The molecule has 1 unspecified atom stereocenters. The maximum atomic E-state index is 12.6. The lowest BCUT2D eigenvalue weighted by molar-refractivity contribution is 0.0847. The molecule has 3 aromatic rings. The van der Waals surface area contributed by atoms with Crippen molar-refractivity contribution in [1.29, 1.82) is 10.5 Å². The van der Waals surface area contributed by atoms with E-state index in [4.69, 9.17) is 10.5 Å². The van der Waals surface area contributed by atoms with Crippen molar-refractivity contribution in [3.8, 4) is 17.9 Å². The number of ether oxygens (including phenoxy) is 1. The number of aliphatic hydroxyl groups is 1. The number of hydrogen-bond donors (Lipinski definition) is 2.